The average molecular weight is 321 g/mol. The van der Waals surface area contributed by atoms with Crippen molar-refractivity contribution < 1.29 is 13.5 Å². The van der Waals surface area contributed by atoms with Crippen LogP contribution in [0.5, 0.6) is 5.88 Å². The fraction of sp³-hybridized carbons (Fsp3) is 0.400. The SMILES string of the molecule is CCC1CN(S(=O)(=O)c2cccc3c(O)nccc23)CCN1. The maximum Gasteiger partial charge on any atom is 0.243 e. The molecule has 1 aliphatic rings. The smallest absolute Gasteiger partial charge is 0.243 e. The van der Waals surface area contributed by atoms with Crippen molar-refractivity contribution in [3.8, 4) is 5.88 Å². The summed E-state index contributed by atoms with van der Waals surface area (Å²) in [4.78, 5) is 4.03. The fourth-order valence-corrected chi connectivity index (χ4v) is 4.51. The lowest BCUT2D eigenvalue weighted by Gasteiger charge is -2.32. The zero-order valence-electron chi connectivity index (χ0n) is 12.4. The first-order valence-electron chi connectivity index (χ1n) is 7.34. The van der Waals surface area contributed by atoms with Crippen molar-refractivity contribution in [1.82, 2.24) is 14.6 Å². The summed E-state index contributed by atoms with van der Waals surface area (Å²) in [5.41, 5.74) is 0. The molecule has 1 atom stereocenters. The molecule has 0 saturated carbocycles. The summed E-state index contributed by atoms with van der Waals surface area (Å²) < 4.78 is 27.5. The van der Waals surface area contributed by atoms with Crippen LogP contribution in [0.3, 0.4) is 0 Å². The molecule has 1 aliphatic heterocycles. The van der Waals surface area contributed by atoms with Gasteiger partial charge < -0.3 is 10.4 Å². The largest absolute Gasteiger partial charge is 0.493 e. The van der Waals surface area contributed by atoms with Crippen molar-refractivity contribution in [2.75, 3.05) is 19.6 Å². The third-order valence-electron chi connectivity index (χ3n) is 4.07. The molecule has 0 bridgehead atoms. The lowest BCUT2D eigenvalue weighted by molar-refractivity contribution is 0.294. The molecule has 0 amide bonds. The van der Waals surface area contributed by atoms with Gasteiger partial charge in [-0.15, -0.1) is 0 Å². The molecule has 3 rings (SSSR count). The molecule has 0 spiro atoms. The van der Waals surface area contributed by atoms with E-state index in [0.717, 1.165) is 6.42 Å². The number of benzene rings is 1. The average Bonchev–Trinajstić information content (AvgIpc) is 2.55. The molecule has 2 aromatic rings. The first-order chi connectivity index (χ1) is 10.5. The van der Waals surface area contributed by atoms with Crippen molar-refractivity contribution in [2.24, 2.45) is 0 Å². The number of piperazine rings is 1. The maximum atomic E-state index is 13.0. The predicted molar refractivity (Wildman–Crippen MR) is 84.2 cm³/mol. The number of aromatic hydroxyl groups is 1. The molecule has 6 nitrogen and oxygen atoms in total. The Balaban J connectivity index is 2.08. The lowest BCUT2D eigenvalue weighted by Crippen LogP contribution is -2.52. The summed E-state index contributed by atoms with van der Waals surface area (Å²) in [7, 11) is -3.59. The Morgan fingerprint density at radius 2 is 2.18 bits per heavy atom. The minimum atomic E-state index is -3.59. The van der Waals surface area contributed by atoms with E-state index in [-0.39, 0.29) is 16.8 Å². The molecule has 0 aliphatic carbocycles. The Morgan fingerprint density at radius 3 is 2.95 bits per heavy atom. The quantitative estimate of drug-likeness (QED) is 0.891. The van der Waals surface area contributed by atoms with Crippen LogP contribution in [0.15, 0.2) is 35.4 Å². The number of hydrogen-bond acceptors (Lipinski definition) is 5. The monoisotopic (exact) mass is 321 g/mol. The van der Waals surface area contributed by atoms with Crippen LogP contribution in [0.25, 0.3) is 10.8 Å². The third-order valence-corrected chi connectivity index (χ3v) is 6.00. The zero-order chi connectivity index (χ0) is 15.7. The molecule has 22 heavy (non-hydrogen) atoms. The van der Waals surface area contributed by atoms with Gasteiger partial charge in [-0.3, -0.25) is 0 Å². The number of pyridine rings is 1. The minimum absolute atomic E-state index is 0.152. The molecule has 1 aromatic carbocycles. The summed E-state index contributed by atoms with van der Waals surface area (Å²) in [6.07, 6.45) is 2.30. The summed E-state index contributed by atoms with van der Waals surface area (Å²) >= 11 is 0. The number of rotatable bonds is 3. The molecule has 118 valence electrons. The van der Waals surface area contributed by atoms with Gasteiger partial charge in [0.1, 0.15) is 0 Å². The standard InChI is InChI=1S/C15H19N3O3S/c1-2-11-10-18(9-8-16-11)22(20,21)14-5-3-4-13-12(14)6-7-17-15(13)19/h3-7,11,16H,2,8-10H2,1H3,(H,17,19). The molecular formula is C15H19N3O3S. The summed E-state index contributed by atoms with van der Waals surface area (Å²) in [5.74, 6) is -0.152. The van der Waals surface area contributed by atoms with Crippen molar-refractivity contribution in [3.05, 3.63) is 30.5 Å². The number of nitrogens with one attached hydrogen (secondary N) is 1. The highest BCUT2D eigenvalue weighted by molar-refractivity contribution is 7.89. The summed E-state index contributed by atoms with van der Waals surface area (Å²) in [5, 5.41) is 14.1. The van der Waals surface area contributed by atoms with Crippen LogP contribution in [0.2, 0.25) is 0 Å². The lowest BCUT2D eigenvalue weighted by atomic mass is 10.2. The van der Waals surface area contributed by atoms with Gasteiger partial charge in [-0.1, -0.05) is 13.0 Å². The number of sulfonamides is 1. The van der Waals surface area contributed by atoms with Crippen LogP contribution in [0, 0.1) is 0 Å². The topological polar surface area (TPSA) is 82.5 Å². The van der Waals surface area contributed by atoms with Crippen LogP contribution in [-0.2, 0) is 10.0 Å². The number of hydrogen-bond donors (Lipinski definition) is 2. The van der Waals surface area contributed by atoms with Crippen LogP contribution in [0.1, 0.15) is 13.3 Å². The number of nitrogens with zero attached hydrogens (tertiary/aromatic N) is 2. The van der Waals surface area contributed by atoms with Gasteiger partial charge in [-0.2, -0.15) is 4.31 Å². The van der Waals surface area contributed by atoms with Gasteiger partial charge in [0.2, 0.25) is 15.9 Å². The van der Waals surface area contributed by atoms with E-state index in [1.54, 1.807) is 24.3 Å². The molecule has 7 heteroatoms. The predicted octanol–water partition coefficient (Wildman–Crippen LogP) is 1.31. The first-order valence-corrected chi connectivity index (χ1v) is 8.78. The van der Waals surface area contributed by atoms with Crippen LogP contribution >= 0.6 is 0 Å². The Kier molecular flexibility index (Phi) is 4.03. The van der Waals surface area contributed by atoms with E-state index in [2.05, 4.69) is 10.3 Å². The molecule has 1 fully saturated rings. The molecule has 1 unspecified atom stereocenters. The van der Waals surface area contributed by atoms with E-state index in [0.29, 0.717) is 30.4 Å². The van der Waals surface area contributed by atoms with Crippen molar-refractivity contribution >= 4 is 20.8 Å². The number of aromatic nitrogens is 1. The van der Waals surface area contributed by atoms with Gasteiger partial charge in [0.05, 0.1) is 4.90 Å². The van der Waals surface area contributed by atoms with Gasteiger partial charge >= 0.3 is 0 Å². The van der Waals surface area contributed by atoms with E-state index in [4.69, 9.17) is 0 Å². The molecule has 0 radical (unpaired) electrons. The molecule has 2 N–H and O–H groups in total. The Morgan fingerprint density at radius 1 is 1.36 bits per heavy atom. The van der Waals surface area contributed by atoms with E-state index in [1.165, 1.54) is 10.5 Å². The Labute approximate surface area is 129 Å². The summed E-state index contributed by atoms with van der Waals surface area (Å²) in [6, 6.07) is 6.69. The zero-order valence-corrected chi connectivity index (χ0v) is 13.2. The first kappa shape index (κ1) is 15.2. The van der Waals surface area contributed by atoms with Crippen LogP contribution < -0.4 is 5.32 Å². The van der Waals surface area contributed by atoms with Gasteiger partial charge in [0.15, 0.2) is 0 Å². The van der Waals surface area contributed by atoms with Crippen molar-refractivity contribution in [2.45, 2.75) is 24.3 Å². The highest BCUT2D eigenvalue weighted by atomic mass is 32.2. The molecule has 1 saturated heterocycles. The highest BCUT2D eigenvalue weighted by Crippen LogP contribution is 2.29. The Bertz CT molecular complexity index is 792. The second-order valence-electron chi connectivity index (χ2n) is 5.41. The second-order valence-corrected chi connectivity index (χ2v) is 7.31. The van der Waals surface area contributed by atoms with E-state index >= 15 is 0 Å². The van der Waals surface area contributed by atoms with Crippen molar-refractivity contribution in [1.29, 1.82) is 0 Å². The van der Waals surface area contributed by atoms with Gasteiger partial charge in [0, 0.05) is 42.6 Å². The molecule has 2 heterocycles. The van der Waals surface area contributed by atoms with Crippen molar-refractivity contribution in [3.63, 3.8) is 0 Å². The molecule has 1 aromatic heterocycles. The van der Waals surface area contributed by atoms with Crippen LogP contribution in [-0.4, -0.2) is 48.5 Å². The van der Waals surface area contributed by atoms with E-state index in [1.807, 2.05) is 6.92 Å². The minimum Gasteiger partial charge on any atom is -0.493 e. The van der Waals surface area contributed by atoms with Gasteiger partial charge in [-0.05, 0) is 24.6 Å². The van der Waals surface area contributed by atoms with Crippen LogP contribution in [0.4, 0.5) is 0 Å². The fourth-order valence-electron chi connectivity index (χ4n) is 2.81. The van der Waals surface area contributed by atoms with E-state index < -0.39 is 10.0 Å². The maximum absolute atomic E-state index is 13.0. The summed E-state index contributed by atoms with van der Waals surface area (Å²) in [6.45, 7) is 3.60. The third kappa shape index (κ3) is 2.55. The second kappa shape index (κ2) is 5.83. The van der Waals surface area contributed by atoms with Gasteiger partial charge in [-0.25, -0.2) is 13.4 Å². The highest BCUT2D eigenvalue weighted by Gasteiger charge is 2.30. The molecular weight excluding hydrogens is 302 g/mol. The van der Waals surface area contributed by atoms with E-state index in [9.17, 15) is 13.5 Å². The normalized spacial score (nSPS) is 20.3. The van der Waals surface area contributed by atoms with Gasteiger partial charge in [0.25, 0.3) is 0 Å². The number of fused-ring (bicyclic) bond motifs is 1. The Hall–Kier alpha value is -1.70.